The van der Waals surface area contributed by atoms with Crippen molar-refractivity contribution < 1.29 is 9.53 Å². The van der Waals surface area contributed by atoms with Gasteiger partial charge in [0.25, 0.3) is 0 Å². The number of pyridine rings is 1. The molecule has 1 aliphatic heterocycles. The summed E-state index contributed by atoms with van der Waals surface area (Å²) in [5.41, 5.74) is 2.95. The minimum atomic E-state index is 0.0515. The Morgan fingerprint density at radius 3 is 2.97 bits per heavy atom. The van der Waals surface area contributed by atoms with E-state index in [-0.39, 0.29) is 12.0 Å². The third-order valence-corrected chi connectivity index (χ3v) is 5.54. The first-order valence-corrected chi connectivity index (χ1v) is 10.9. The number of carbonyl (C=O) groups is 1. The smallest absolute Gasteiger partial charge is 0.221 e. The molecule has 1 N–H and O–H groups in total. The Labute approximate surface area is 177 Å². The number of aromatic nitrogens is 2. The monoisotopic (exact) mass is 406 g/mol. The van der Waals surface area contributed by atoms with E-state index >= 15 is 0 Å². The van der Waals surface area contributed by atoms with Gasteiger partial charge in [0, 0.05) is 44.0 Å². The Morgan fingerprint density at radius 1 is 1.23 bits per heavy atom. The Kier molecular flexibility index (Phi) is 6.64. The lowest BCUT2D eigenvalue weighted by Gasteiger charge is -2.23. The van der Waals surface area contributed by atoms with Crippen LogP contribution in [0.2, 0.25) is 0 Å². The number of rotatable bonds is 8. The largest absolute Gasteiger partial charge is 0.489 e. The third-order valence-electron chi connectivity index (χ3n) is 5.54. The van der Waals surface area contributed by atoms with Crippen molar-refractivity contribution >= 4 is 11.6 Å². The van der Waals surface area contributed by atoms with Crippen LogP contribution in [0, 0.1) is 0 Å². The molecule has 1 aromatic carbocycles. The number of hydrogen-bond acceptors (Lipinski definition) is 4. The van der Waals surface area contributed by atoms with Gasteiger partial charge < -0.3 is 14.5 Å². The highest BCUT2D eigenvalue weighted by atomic mass is 16.5. The van der Waals surface area contributed by atoms with Crippen molar-refractivity contribution in [1.82, 2.24) is 19.6 Å². The first kappa shape index (κ1) is 20.4. The molecule has 0 fully saturated rings. The molecule has 2 aromatic heterocycles. The Balaban J connectivity index is 1.31. The number of hydrogen-bond donors (Lipinski definition) is 1. The van der Waals surface area contributed by atoms with Crippen LogP contribution in [-0.4, -0.2) is 39.4 Å². The number of amides is 1. The average molecular weight is 407 g/mol. The van der Waals surface area contributed by atoms with E-state index < -0.39 is 0 Å². The van der Waals surface area contributed by atoms with Gasteiger partial charge in [-0.15, -0.1) is 0 Å². The molecule has 4 rings (SSSR count). The molecular weight excluding hydrogens is 376 g/mol. The summed E-state index contributed by atoms with van der Waals surface area (Å²) in [7, 11) is 0. The first-order valence-electron chi connectivity index (χ1n) is 10.9. The Hall–Kier alpha value is -2.86. The molecule has 0 saturated heterocycles. The van der Waals surface area contributed by atoms with Gasteiger partial charge in [-0.1, -0.05) is 37.6 Å². The number of para-hydroxylation sites is 1. The normalized spacial score (nSPS) is 16.6. The van der Waals surface area contributed by atoms with Gasteiger partial charge in [0.2, 0.25) is 5.91 Å². The molecule has 1 aliphatic rings. The van der Waals surface area contributed by atoms with Crippen LogP contribution >= 0.6 is 0 Å². The zero-order valence-corrected chi connectivity index (χ0v) is 17.6. The molecule has 3 aromatic rings. The molecule has 6 nitrogen and oxygen atoms in total. The highest BCUT2D eigenvalue weighted by Gasteiger charge is 2.22. The van der Waals surface area contributed by atoms with E-state index in [1.807, 2.05) is 47.1 Å². The molecule has 0 spiro atoms. The zero-order chi connectivity index (χ0) is 20.8. The van der Waals surface area contributed by atoms with Crippen molar-refractivity contribution in [2.45, 2.75) is 51.8 Å². The summed E-state index contributed by atoms with van der Waals surface area (Å²) in [4.78, 5) is 19.3. The lowest BCUT2D eigenvalue weighted by Crippen LogP contribution is -2.35. The van der Waals surface area contributed by atoms with Crippen LogP contribution in [0.4, 0.5) is 0 Å². The number of benzene rings is 1. The van der Waals surface area contributed by atoms with Crippen molar-refractivity contribution in [2.24, 2.45) is 0 Å². The second-order valence-electron chi connectivity index (χ2n) is 7.95. The zero-order valence-electron chi connectivity index (χ0n) is 17.6. The van der Waals surface area contributed by atoms with Crippen LogP contribution in [0.25, 0.3) is 5.65 Å². The van der Waals surface area contributed by atoms with E-state index in [1.54, 1.807) is 0 Å². The van der Waals surface area contributed by atoms with Gasteiger partial charge >= 0.3 is 0 Å². The molecule has 3 heterocycles. The van der Waals surface area contributed by atoms with E-state index in [4.69, 9.17) is 4.74 Å². The molecule has 1 atom stereocenters. The Bertz CT molecular complexity index is 951. The van der Waals surface area contributed by atoms with E-state index in [1.165, 1.54) is 5.56 Å². The van der Waals surface area contributed by atoms with Gasteiger partial charge in [0.1, 0.15) is 17.5 Å². The standard InChI is InChI=1S/C24H30N4O2/c1-2-3-9-21-18-27(16-19-8-4-5-10-22(19)30-21)14-12-24(29)25-15-20-17-28-13-7-6-11-23(28)26-20/h4-8,10-11,13,17,21H,2-3,9,12,14-16,18H2,1H3,(H,25,29)/t21-/m0/s1. The maximum absolute atomic E-state index is 12.5. The number of ether oxygens (including phenoxy) is 1. The van der Waals surface area contributed by atoms with Crippen LogP contribution < -0.4 is 10.1 Å². The summed E-state index contributed by atoms with van der Waals surface area (Å²) >= 11 is 0. The highest BCUT2D eigenvalue weighted by Crippen LogP contribution is 2.26. The van der Waals surface area contributed by atoms with Gasteiger partial charge in [0.15, 0.2) is 0 Å². The minimum Gasteiger partial charge on any atom is -0.489 e. The number of carbonyl (C=O) groups excluding carboxylic acids is 1. The summed E-state index contributed by atoms with van der Waals surface area (Å²) < 4.78 is 8.24. The molecule has 30 heavy (non-hydrogen) atoms. The first-order chi connectivity index (χ1) is 14.7. The summed E-state index contributed by atoms with van der Waals surface area (Å²) in [5, 5.41) is 3.01. The second-order valence-corrected chi connectivity index (χ2v) is 7.95. The van der Waals surface area contributed by atoms with Crippen LogP contribution in [0.3, 0.4) is 0 Å². The van der Waals surface area contributed by atoms with E-state index in [9.17, 15) is 4.79 Å². The van der Waals surface area contributed by atoms with Crippen LogP contribution in [0.15, 0.2) is 54.9 Å². The Morgan fingerprint density at radius 2 is 2.10 bits per heavy atom. The van der Waals surface area contributed by atoms with Crippen molar-refractivity contribution in [3.8, 4) is 5.75 Å². The lowest BCUT2D eigenvalue weighted by atomic mass is 10.1. The van der Waals surface area contributed by atoms with Gasteiger partial charge in [0.05, 0.1) is 12.2 Å². The molecule has 158 valence electrons. The van der Waals surface area contributed by atoms with Crippen molar-refractivity contribution in [1.29, 1.82) is 0 Å². The molecule has 0 radical (unpaired) electrons. The molecule has 0 bridgehead atoms. The van der Waals surface area contributed by atoms with Crippen LogP contribution in [0.5, 0.6) is 5.75 Å². The fourth-order valence-electron chi connectivity index (χ4n) is 3.92. The molecule has 6 heteroatoms. The van der Waals surface area contributed by atoms with Crippen molar-refractivity contribution in [3.63, 3.8) is 0 Å². The predicted molar refractivity (Wildman–Crippen MR) is 117 cm³/mol. The van der Waals surface area contributed by atoms with Crippen molar-refractivity contribution in [2.75, 3.05) is 13.1 Å². The van der Waals surface area contributed by atoms with Gasteiger partial charge in [-0.2, -0.15) is 0 Å². The summed E-state index contributed by atoms with van der Waals surface area (Å²) in [6.07, 6.45) is 7.92. The molecular formula is C24H30N4O2. The quantitative estimate of drug-likeness (QED) is 0.618. The molecule has 1 amide bonds. The molecule has 0 aliphatic carbocycles. The number of fused-ring (bicyclic) bond motifs is 2. The molecule has 0 saturated carbocycles. The SMILES string of the molecule is CCCC[C@H]1CN(CCC(=O)NCc2cn3ccccc3n2)Cc2ccccc2O1. The number of nitrogens with one attached hydrogen (secondary N) is 1. The molecule has 0 unspecified atom stereocenters. The van der Waals surface area contributed by atoms with E-state index in [2.05, 4.69) is 34.3 Å². The van der Waals surface area contributed by atoms with Crippen LogP contribution in [-0.2, 0) is 17.9 Å². The number of nitrogens with zero attached hydrogens (tertiary/aromatic N) is 3. The summed E-state index contributed by atoms with van der Waals surface area (Å²) in [6.45, 7) is 5.05. The van der Waals surface area contributed by atoms with Gasteiger partial charge in [-0.3, -0.25) is 9.69 Å². The fraction of sp³-hybridized carbons (Fsp3) is 0.417. The van der Waals surface area contributed by atoms with Gasteiger partial charge in [-0.25, -0.2) is 4.98 Å². The lowest BCUT2D eigenvalue weighted by molar-refractivity contribution is -0.121. The maximum Gasteiger partial charge on any atom is 0.221 e. The number of imidazole rings is 1. The predicted octanol–water partition coefficient (Wildman–Crippen LogP) is 3.79. The summed E-state index contributed by atoms with van der Waals surface area (Å²) in [6, 6.07) is 14.1. The minimum absolute atomic E-state index is 0.0515. The number of unbranched alkanes of at least 4 members (excludes halogenated alkanes) is 1. The average Bonchev–Trinajstić information content (AvgIpc) is 3.09. The maximum atomic E-state index is 12.5. The van der Waals surface area contributed by atoms with Gasteiger partial charge in [-0.05, 0) is 31.0 Å². The second kappa shape index (κ2) is 9.76. The highest BCUT2D eigenvalue weighted by molar-refractivity contribution is 5.76. The van der Waals surface area contributed by atoms with Crippen LogP contribution in [0.1, 0.15) is 43.9 Å². The summed E-state index contributed by atoms with van der Waals surface area (Å²) in [5.74, 6) is 1.04. The van der Waals surface area contributed by atoms with E-state index in [0.717, 1.165) is 56.0 Å². The third kappa shape index (κ3) is 5.19. The topological polar surface area (TPSA) is 58.9 Å². The van der Waals surface area contributed by atoms with Crippen molar-refractivity contribution in [3.05, 3.63) is 66.1 Å². The van der Waals surface area contributed by atoms with E-state index in [0.29, 0.717) is 13.0 Å². The fourth-order valence-corrected chi connectivity index (χ4v) is 3.92.